The molecule has 1 N–H and O–H groups in total. The highest BCUT2D eigenvalue weighted by atomic mass is 14.9. The van der Waals surface area contributed by atoms with Gasteiger partial charge in [-0.3, -0.25) is 0 Å². The Hall–Kier alpha value is -1.75. The maximum absolute atomic E-state index is 8.68. The van der Waals surface area contributed by atoms with Crippen molar-refractivity contribution in [3.8, 4) is 6.07 Å². The Kier molecular flexibility index (Phi) is 3.61. The van der Waals surface area contributed by atoms with Crippen LogP contribution in [0.25, 0.3) is 0 Å². The van der Waals surface area contributed by atoms with Gasteiger partial charge in [0, 0.05) is 12.2 Å². The molecule has 0 heterocycles. The van der Waals surface area contributed by atoms with Gasteiger partial charge in [0.05, 0.1) is 11.6 Å². The minimum atomic E-state index is 0.714. The fourth-order valence-corrected chi connectivity index (χ4v) is 1.97. The van der Waals surface area contributed by atoms with E-state index in [9.17, 15) is 0 Å². The lowest BCUT2D eigenvalue weighted by Crippen LogP contribution is -2.15. The topological polar surface area (TPSA) is 35.8 Å². The van der Waals surface area contributed by atoms with Gasteiger partial charge in [-0.2, -0.15) is 5.26 Å². The summed E-state index contributed by atoms with van der Waals surface area (Å²) in [4.78, 5) is 0. The maximum Gasteiger partial charge on any atom is 0.0991 e. The van der Waals surface area contributed by atoms with Gasteiger partial charge in [-0.15, -0.1) is 0 Å². The first-order valence-corrected chi connectivity index (χ1v) is 5.77. The maximum atomic E-state index is 8.68. The van der Waals surface area contributed by atoms with Gasteiger partial charge in [-0.25, -0.2) is 0 Å². The summed E-state index contributed by atoms with van der Waals surface area (Å²) in [6, 6.07) is 9.76. The van der Waals surface area contributed by atoms with Crippen molar-refractivity contribution in [1.82, 2.24) is 0 Å². The van der Waals surface area contributed by atoms with Crippen molar-refractivity contribution in [3.05, 3.63) is 42.0 Å². The first kappa shape index (κ1) is 10.8. The Bertz CT molecular complexity index is 398. The number of rotatable bonds is 3. The van der Waals surface area contributed by atoms with Crippen molar-refractivity contribution < 1.29 is 0 Å². The fraction of sp³-hybridized carbons (Fsp3) is 0.357. The van der Waals surface area contributed by atoms with Crippen LogP contribution in [-0.4, -0.2) is 6.54 Å². The van der Waals surface area contributed by atoms with E-state index in [-0.39, 0.29) is 0 Å². The summed E-state index contributed by atoms with van der Waals surface area (Å²) >= 11 is 0. The van der Waals surface area contributed by atoms with Crippen LogP contribution in [0.5, 0.6) is 0 Å². The lowest BCUT2D eigenvalue weighted by molar-refractivity contribution is 0.504. The second-order valence-corrected chi connectivity index (χ2v) is 4.22. The zero-order valence-electron chi connectivity index (χ0n) is 9.32. The van der Waals surface area contributed by atoms with Gasteiger partial charge in [0.25, 0.3) is 0 Å². The van der Waals surface area contributed by atoms with Crippen molar-refractivity contribution in [3.63, 3.8) is 0 Å². The number of anilines is 1. The fourth-order valence-electron chi connectivity index (χ4n) is 1.97. The average molecular weight is 212 g/mol. The predicted molar refractivity (Wildman–Crippen MR) is 66.1 cm³/mol. The molecule has 0 aromatic heterocycles. The van der Waals surface area contributed by atoms with Crippen LogP contribution >= 0.6 is 0 Å². The molecular formula is C14H16N2. The van der Waals surface area contributed by atoms with Gasteiger partial charge in [0.2, 0.25) is 0 Å². The molecule has 2 rings (SSSR count). The number of hydrogen-bond donors (Lipinski definition) is 1. The van der Waals surface area contributed by atoms with E-state index in [1.54, 1.807) is 0 Å². The summed E-state index contributed by atoms with van der Waals surface area (Å²) in [5.41, 5.74) is 1.82. The molecule has 0 amide bonds. The van der Waals surface area contributed by atoms with Crippen molar-refractivity contribution in [2.45, 2.75) is 19.3 Å². The van der Waals surface area contributed by atoms with Gasteiger partial charge >= 0.3 is 0 Å². The molecule has 82 valence electrons. The lowest BCUT2D eigenvalue weighted by Gasteiger charge is -2.18. The van der Waals surface area contributed by atoms with Crippen LogP contribution < -0.4 is 5.32 Å². The highest BCUT2D eigenvalue weighted by Crippen LogP contribution is 2.19. The summed E-state index contributed by atoms with van der Waals surface area (Å²) in [5.74, 6) is 0.751. The third kappa shape index (κ3) is 2.87. The van der Waals surface area contributed by atoms with Crippen LogP contribution in [0.1, 0.15) is 24.8 Å². The van der Waals surface area contributed by atoms with Crippen LogP contribution in [0.2, 0.25) is 0 Å². The number of nitriles is 1. The molecule has 1 aliphatic rings. The quantitative estimate of drug-likeness (QED) is 0.780. The minimum absolute atomic E-state index is 0.714. The van der Waals surface area contributed by atoms with Gasteiger partial charge < -0.3 is 5.32 Å². The molecule has 2 heteroatoms. The van der Waals surface area contributed by atoms with Crippen LogP contribution in [0, 0.1) is 17.2 Å². The molecule has 0 radical (unpaired) electrons. The molecule has 0 saturated heterocycles. The molecule has 1 aromatic carbocycles. The molecular weight excluding hydrogens is 196 g/mol. The molecule has 1 aromatic rings. The molecule has 0 saturated carbocycles. The highest BCUT2D eigenvalue weighted by Gasteiger charge is 2.08. The summed E-state index contributed by atoms with van der Waals surface area (Å²) in [7, 11) is 0. The first-order chi connectivity index (χ1) is 7.88. The molecule has 0 aliphatic heterocycles. The highest BCUT2D eigenvalue weighted by molar-refractivity contribution is 5.47. The number of hydrogen-bond acceptors (Lipinski definition) is 2. The summed E-state index contributed by atoms with van der Waals surface area (Å²) in [6.07, 6.45) is 8.20. The normalized spacial score (nSPS) is 19.1. The Morgan fingerprint density at radius 3 is 2.69 bits per heavy atom. The van der Waals surface area contributed by atoms with E-state index in [1.807, 2.05) is 24.3 Å². The zero-order chi connectivity index (χ0) is 11.2. The lowest BCUT2D eigenvalue weighted by atomic mass is 9.94. The average Bonchev–Trinajstić information content (AvgIpc) is 2.38. The second kappa shape index (κ2) is 5.37. The molecule has 1 aliphatic carbocycles. The number of allylic oxidation sites excluding steroid dienone is 2. The summed E-state index contributed by atoms with van der Waals surface area (Å²) in [6.45, 7) is 1.02. The van der Waals surface area contributed by atoms with Crippen LogP contribution in [0.4, 0.5) is 5.69 Å². The zero-order valence-corrected chi connectivity index (χ0v) is 9.32. The minimum Gasteiger partial charge on any atom is -0.385 e. The molecule has 0 spiro atoms. The third-order valence-corrected chi connectivity index (χ3v) is 2.99. The molecule has 0 fully saturated rings. The van der Waals surface area contributed by atoms with E-state index < -0.39 is 0 Å². The number of nitrogens with one attached hydrogen (secondary N) is 1. The SMILES string of the molecule is N#Cc1ccc(NCC2CC=CCC2)cc1. The van der Waals surface area contributed by atoms with E-state index in [0.29, 0.717) is 5.56 Å². The number of nitrogens with zero attached hydrogens (tertiary/aromatic N) is 1. The largest absolute Gasteiger partial charge is 0.385 e. The molecule has 16 heavy (non-hydrogen) atoms. The van der Waals surface area contributed by atoms with Gasteiger partial charge in [0.15, 0.2) is 0 Å². The molecule has 2 nitrogen and oxygen atoms in total. The van der Waals surface area contributed by atoms with Crippen molar-refractivity contribution in [2.75, 3.05) is 11.9 Å². The summed E-state index contributed by atoms with van der Waals surface area (Å²) < 4.78 is 0. The van der Waals surface area contributed by atoms with E-state index in [4.69, 9.17) is 5.26 Å². The monoisotopic (exact) mass is 212 g/mol. The number of benzene rings is 1. The van der Waals surface area contributed by atoms with Crippen LogP contribution in [0.3, 0.4) is 0 Å². The third-order valence-electron chi connectivity index (χ3n) is 2.99. The van der Waals surface area contributed by atoms with Crippen molar-refractivity contribution >= 4 is 5.69 Å². The van der Waals surface area contributed by atoms with E-state index in [0.717, 1.165) is 18.2 Å². The van der Waals surface area contributed by atoms with Gasteiger partial charge in [-0.1, -0.05) is 12.2 Å². The van der Waals surface area contributed by atoms with Gasteiger partial charge in [0.1, 0.15) is 0 Å². The molecule has 1 atom stereocenters. The summed E-state index contributed by atoms with van der Waals surface area (Å²) in [5, 5.41) is 12.1. The van der Waals surface area contributed by atoms with Crippen LogP contribution in [-0.2, 0) is 0 Å². The van der Waals surface area contributed by atoms with Gasteiger partial charge in [-0.05, 0) is 49.4 Å². The van der Waals surface area contributed by atoms with E-state index in [1.165, 1.54) is 19.3 Å². The molecule has 0 bridgehead atoms. The van der Waals surface area contributed by atoms with E-state index >= 15 is 0 Å². The van der Waals surface area contributed by atoms with Crippen molar-refractivity contribution in [1.29, 1.82) is 5.26 Å². The van der Waals surface area contributed by atoms with Crippen LogP contribution in [0.15, 0.2) is 36.4 Å². The predicted octanol–water partition coefficient (Wildman–Crippen LogP) is 3.33. The second-order valence-electron chi connectivity index (χ2n) is 4.22. The first-order valence-electron chi connectivity index (χ1n) is 5.77. The van der Waals surface area contributed by atoms with E-state index in [2.05, 4.69) is 23.5 Å². The Labute approximate surface area is 96.6 Å². The molecule has 1 unspecified atom stereocenters. The Morgan fingerprint density at radius 1 is 1.25 bits per heavy atom. The standard InChI is InChI=1S/C14H16N2/c15-10-12-6-8-14(9-7-12)16-11-13-4-2-1-3-5-13/h1-2,6-9,13,16H,3-5,11H2. The smallest absolute Gasteiger partial charge is 0.0991 e. The van der Waals surface area contributed by atoms with Crippen molar-refractivity contribution in [2.24, 2.45) is 5.92 Å². The Morgan fingerprint density at radius 2 is 2.06 bits per heavy atom. The Balaban J connectivity index is 1.85.